The number of carbonyl (C=O) groups excluding carboxylic acids is 1. The van der Waals surface area contributed by atoms with Crippen LogP contribution in [-0.2, 0) is 14.8 Å². The zero-order valence-corrected chi connectivity index (χ0v) is 15.5. The molecule has 1 amide bonds. The van der Waals surface area contributed by atoms with Gasteiger partial charge in [-0.15, -0.1) is 0 Å². The fraction of sp³-hybridized carbons (Fsp3) is 0.588. The Balaban J connectivity index is 1.93. The average molecular weight is 353 g/mol. The molecule has 0 bridgehead atoms. The molecule has 1 fully saturated rings. The molecule has 6 nitrogen and oxygen atoms in total. The van der Waals surface area contributed by atoms with Crippen LogP contribution < -0.4 is 5.32 Å². The summed E-state index contributed by atoms with van der Waals surface area (Å²) < 4.78 is 27.0. The first-order chi connectivity index (χ1) is 11.3. The second-order valence-electron chi connectivity index (χ2n) is 6.54. The number of benzene rings is 1. The second-order valence-corrected chi connectivity index (χ2v) is 8.44. The van der Waals surface area contributed by atoms with Crippen LogP contribution in [-0.4, -0.2) is 63.8 Å². The van der Waals surface area contributed by atoms with Gasteiger partial charge in [0.15, 0.2) is 0 Å². The molecule has 1 aliphatic rings. The third kappa shape index (κ3) is 4.55. The number of aryl methyl sites for hydroxylation is 1. The Bertz CT molecular complexity index is 665. The average Bonchev–Trinajstić information content (AvgIpc) is 2.54. The first-order valence-corrected chi connectivity index (χ1v) is 9.74. The number of likely N-dealkylation sites (N-methyl/N-ethyl adjacent to an activating group) is 1. The molecule has 2 rings (SSSR count). The van der Waals surface area contributed by atoms with Crippen LogP contribution in [0.1, 0.15) is 18.4 Å². The molecule has 1 heterocycles. The molecule has 24 heavy (non-hydrogen) atoms. The minimum Gasteiger partial charge on any atom is -0.355 e. The van der Waals surface area contributed by atoms with E-state index in [9.17, 15) is 13.2 Å². The highest BCUT2D eigenvalue weighted by Gasteiger charge is 2.32. The van der Waals surface area contributed by atoms with Crippen LogP contribution in [0.5, 0.6) is 0 Å². The number of amides is 1. The molecule has 1 N–H and O–H groups in total. The summed E-state index contributed by atoms with van der Waals surface area (Å²) in [6, 6.07) is 7.02. The van der Waals surface area contributed by atoms with Gasteiger partial charge in [-0.05, 0) is 45.5 Å². The van der Waals surface area contributed by atoms with Gasteiger partial charge in [0.05, 0.1) is 4.90 Å². The quantitative estimate of drug-likeness (QED) is 0.831. The van der Waals surface area contributed by atoms with Crippen LogP contribution in [0.15, 0.2) is 29.2 Å². The standard InChI is InChI=1S/C17H27N3O3S/c1-14-6-4-5-7-16(14)24(22,23)20-11-8-15(9-12-20)17(21)18-10-13-19(2)3/h4-7,15H,8-13H2,1-3H3,(H,18,21). The smallest absolute Gasteiger partial charge is 0.243 e. The van der Waals surface area contributed by atoms with E-state index in [1.165, 1.54) is 4.31 Å². The lowest BCUT2D eigenvalue weighted by atomic mass is 9.97. The Morgan fingerprint density at radius 2 is 1.88 bits per heavy atom. The summed E-state index contributed by atoms with van der Waals surface area (Å²) in [5.41, 5.74) is 0.751. The molecule has 0 unspecified atom stereocenters. The minimum atomic E-state index is -3.48. The van der Waals surface area contributed by atoms with Gasteiger partial charge in [0.25, 0.3) is 0 Å². The van der Waals surface area contributed by atoms with Gasteiger partial charge < -0.3 is 10.2 Å². The normalized spacial score (nSPS) is 17.2. The van der Waals surface area contributed by atoms with E-state index in [-0.39, 0.29) is 11.8 Å². The van der Waals surface area contributed by atoms with E-state index in [1.54, 1.807) is 25.1 Å². The maximum Gasteiger partial charge on any atom is 0.243 e. The molecule has 7 heteroatoms. The maximum absolute atomic E-state index is 12.8. The van der Waals surface area contributed by atoms with Crippen molar-refractivity contribution in [2.75, 3.05) is 40.3 Å². The van der Waals surface area contributed by atoms with E-state index < -0.39 is 10.0 Å². The summed E-state index contributed by atoms with van der Waals surface area (Å²) in [6.07, 6.45) is 1.14. The van der Waals surface area contributed by atoms with Crippen LogP contribution in [0.25, 0.3) is 0 Å². The highest BCUT2D eigenvalue weighted by Crippen LogP contribution is 2.25. The van der Waals surface area contributed by atoms with Gasteiger partial charge in [0.1, 0.15) is 0 Å². The van der Waals surface area contributed by atoms with Crippen LogP contribution >= 0.6 is 0 Å². The molecule has 1 aliphatic heterocycles. The number of hydrogen-bond acceptors (Lipinski definition) is 4. The van der Waals surface area contributed by atoms with Crippen molar-refractivity contribution >= 4 is 15.9 Å². The molecule has 1 saturated heterocycles. The lowest BCUT2D eigenvalue weighted by Crippen LogP contribution is -2.44. The molecule has 0 aliphatic carbocycles. The molecule has 134 valence electrons. The van der Waals surface area contributed by atoms with Crippen LogP contribution in [0.3, 0.4) is 0 Å². The van der Waals surface area contributed by atoms with Gasteiger partial charge in [-0.25, -0.2) is 8.42 Å². The van der Waals surface area contributed by atoms with Gasteiger partial charge in [0, 0.05) is 32.1 Å². The molecule has 0 radical (unpaired) electrons. The Morgan fingerprint density at radius 1 is 1.25 bits per heavy atom. The van der Waals surface area contributed by atoms with E-state index in [2.05, 4.69) is 5.32 Å². The van der Waals surface area contributed by atoms with Crippen molar-refractivity contribution in [2.24, 2.45) is 5.92 Å². The van der Waals surface area contributed by atoms with E-state index in [0.717, 1.165) is 12.1 Å². The topological polar surface area (TPSA) is 69.7 Å². The Hall–Kier alpha value is -1.44. The number of nitrogens with zero attached hydrogens (tertiary/aromatic N) is 2. The van der Waals surface area contributed by atoms with Crippen molar-refractivity contribution < 1.29 is 13.2 Å². The van der Waals surface area contributed by atoms with E-state index >= 15 is 0 Å². The minimum absolute atomic E-state index is 0.0322. The predicted octanol–water partition coefficient (Wildman–Crippen LogP) is 1.07. The van der Waals surface area contributed by atoms with Crippen LogP contribution in [0.2, 0.25) is 0 Å². The lowest BCUT2D eigenvalue weighted by molar-refractivity contribution is -0.126. The molecule has 0 aromatic heterocycles. The van der Waals surface area contributed by atoms with Crippen molar-refractivity contribution in [3.8, 4) is 0 Å². The Kier molecular flexibility index (Phi) is 6.37. The maximum atomic E-state index is 12.8. The third-order valence-electron chi connectivity index (χ3n) is 4.39. The fourth-order valence-electron chi connectivity index (χ4n) is 2.89. The molecule has 0 saturated carbocycles. The largest absolute Gasteiger partial charge is 0.355 e. The number of hydrogen-bond donors (Lipinski definition) is 1. The van der Waals surface area contributed by atoms with E-state index in [0.29, 0.717) is 37.4 Å². The zero-order chi connectivity index (χ0) is 17.7. The summed E-state index contributed by atoms with van der Waals surface area (Å²) >= 11 is 0. The highest BCUT2D eigenvalue weighted by molar-refractivity contribution is 7.89. The lowest BCUT2D eigenvalue weighted by Gasteiger charge is -2.31. The number of piperidine rings is 1. The first kappa shape index (κ1) is 18.9. The van der Waals surface area contributed by atoms with Crippen molar-refractivity contribution in [1.82, 2.24) is 14.5 Å². The predicted molar refractivity (Wildman–Crippen MR) is 94.2 cm³/mol. The second kappa shape index (κ2) is 8.09. The van der Waals surface area contributed by atoms with Crippen molar-refractivity contribution in [3.63, 3.8) is 0 Å². The molecule has 0 spiro atoms. The fourth-order valence-corrected chi connectivity index (χ4v) is 4.59. The van der Waals surface area contributed by atoms with Crippen molar-refractivity contribution in [3.05, 3.63) is 29.8 Å². The van der Waals surface area contributed by atoms with Gasteiger partial charge >= 0.3 is 0 Å². The molecule has 1 aromatic rings. The van der Waals surface area contributed by atoms with Crippen LogP contribution in [0.4, 0.5) is 0 Å². The molecule has 0 atom stereocenters. The Labute approximate surface area is 144 Å². The van der Waals surface area contributed by atoms with Gasteiger partial charge in [-0.2, -0.15) is 4.31 Å². The molecule has 1 aromatic carbocycles. The van der Waals surface area contributed by atoms with Crippen molar-refractivity contribution in [2.45, 2.75) is 24.7 Å². The zero-order valence-electron chi connectivity index (χ0n) is 14.7. The highest BCUT2D eigenvalue weighted by atomic mass is 32.2. The third-order valence-corrected chi connectivity index (χ3v) is 6.45. The summed E-state index contributed by atoms with van der Waals surface area (Å²) in [7, 11) is 0.444. The number of rotatable bonds is 6. The van der Waals surface area contributed by atoms with Gasteiger partial charge in [-0.1, -0.05) is 18.2 Å². The van der Waals surface area contributed by atoms with E-state index in [4.69, 9.17) is 0 Å². The van der Waals surface area contributed by atoms with E-state index in [1.807, 2.05) is 25.1 Å². The number of carbonyl (C=O) groups is 1. The number of sulfonamides is 1. The van der Waals surface area contributed by atoms with Crippen LogP contribution in [0, 0.1) is 12.8 Å². The summed E-state index contributed by atoms with van der Waals surface area (Å²) in [4.78, 5) is 14.5. The monoisotopic (exact) mass is 353 g/mol. The Morgan fingerprint density at radius 3 is 2.46 bits per heavy atom. The number of nitrogens with one attached hydrogen (secondary N) is 1. The molecular weight excluding hydrogens is 326 g/mol. The first-order valence-electron chi connectivity index (χ1n) is 8.30. The SMILES string of the molecule is Cc1ccccc1S(=O)(=O)N1CCC(C(=O)NCCN(C)C)CC1. The van der Waals surface area contributed by atoms with Crippen molar-refractivity contribution in [1.29, 1.82) is 0 Å². The summed E-state index contributed by atoms with van der Waals surface area (Å²) in [6.45, 7) is 4.00. The van der Waals surface area contributed by atoms with Gasteiger partial charge in [0.2, 0.25) is 15.9 Å². The summed E-state index contributed by atoms with van der Waals surface area (Å²) in [5.74, 6) is -0.0692. The molecular formula is C17H27N3O3S. The summed E-state index contributed by atoms with van der Waals surface area (Å²) in [5, 5.41) is 2.93. The van der Waals surface area contributed by atoms with Gasteiger partial charge in [-0.3, -0.25) is 4.79 Å².